The number of amides is 1. The number of pyridine rings is 1. The third-order valence-electron chi connectivity index (χ3n) is 7.93. The Kier molecular flexibility index (Phi) is 7.42. The molecule has 0 radical (unpaired) electrons. The first kappa shape index (κ1) is 28.1. The van der Waals surface area contributed by atoms with Crippen molar-refractivity contribution in [3.8, 4) is 11.1 Å². The number of hydrogen-bond donors (Lipinski definition) is 1. The third-order valence-corrected chi connectivity index (χ3v) is 7.93. The number of fused-ring (bicyclic) bond motifs is 1. The predicted molar refractivity (Wildman–Crippen MR) is 146 cm³/mol. The van der Waals surface area contributed by atoms with Gasteiger partial charge in [-0.1, -0.05) is 51.0 Å². The second kappa shape index (κ2) is 10.5. The van der Waals surface area contributed by atoms with Gasteiger partial charge in [-0.3, -0.25) is 9.78 Å². The maximum absolute atomic E-state index is 14.1. The minimum absolute atomic E-state index is 0.0493. The van der Waals surface area contributed by atoms with Crippen LogP contribution in [-0.4, -0.2) is 21.7 Å². The zero-order valence-electron chi connectivity index (χ0n) is 22.8. The van der Waals surface area contributed by atoms with Gasteiger partial charge in [0.05, 0.1) is 23.1 Å². The van der Waals surface area contributed by atoms with Crippen molar-refractivity contribution in [1.29, 1.82) is 0 Å². The molecule has 1 unspecified atom stereocenters. The lowest BCUT2D eigenvalue weighted by Crippen LogP contribution is -2.29. The van der Waals surface area contributed by atoms with E-state index >= 15 is 0 Å². The van der Waals surface area contributed by atoms with E-state index in [1.54, 1.807) is 12.1 Å². The number of aliphatic imine (C=N–C) groups is 1. The lowest BCUT2D eigenvalue weighted by molar-refractivity contribution is -0.137. The van der Waals surface area contributed by atoms with E-state index in [1.165, 1.54) is 31.2 Å². The van der Waals surface area contributed by atoms with E-state index in [-0.39, 0.29) is 17.0 Å². The van der Waals surface area contributed by atoms with Gasteiger partial charge in [-0.2, -0.15) is 13.2 Å². The van der Waals surface area contributed by atoms with Crippen LogP contribution >= 0.6 is 0 Å². The van der Waals surface area contributed by atoms with Crippen LogP contribution in [0, 0.1) is 11.2 Å². The summed E-state index contributed by atoms with van der Waals surface area (Å²) in [5.74, 6) is -0.892. The van der Waals surface area contributed by atoms with Crippen molar-refractivity contribution in [2.75, 3.05) is 0 Å². The van der Waals surface area contributed by atoms with Gasteiger partial charge in [-0.15, -0.1) is 0 Å². The normalized spacial score (nSPS) is 19.5. The summed E-state index contributed by atoms with van der Waals surface area (Å²) >= 11 is 0. The van der Waals surface area contributed by atoms with Crippen molar-refractivity contribution < 1.29 is 27.5 Å². The van der Waals surface area contributed by atoms with Crippen molar-refractivity contribution >= 4 is 11.6 Å². The van der Waals surface area contributed by atoms with Crippen LogP contribution in [0.1, 0.15) is 98.5 Å². The second-order valence-electron chi connectivity index (χ2n) is 11.7. The van der Waals surface area contributed by atoms with Crippen LogP contribution in [-0.2, 0) is 17.4 Å². The predicted octanol–water partition coefficient (Wildman–Crippen LogP) is 7.95. The first-order chi connectivity index (χ1) is 18.8. The summed E-state index contributed by atoms with van der Waals surface area (Å²) in [7, 11) is 0. The Morgan fingerprint density at radius 3 is 2.23 bits per heavy atom. The molecule has 5 rings (SSSR count). The molecule has 0 saturated heterocycles. The standard InChI is InChI=1S/C32H32F4N2O2/c1-18(39)37-29(21-8-12-22(13-9-21)32(34,35)36)28-26(19-10-14-23(33)15-11-19)27-24(16-31(2,3)17-25(27)40)38-30(28)20-6-4-5-7-20/h8-15,20,25,40H,4-7,16-17H2,1-3H3. The number of aliphatic hydroxyl groups excluding tert-OH is 1. The molecule has 2 aliphatic carbocycles. The summed E-state index contributed by atoms with van der Waals surface area (Å²) in [5, 5.41) is 11.5. The number of rotatable bonds is 4. The maximum atomic E-state index is 14.1. The van der Waals surface area contributed by atoms with Crippen molar-refractivity contribution in [3.05, 3.63) is 88.0 Å². The van der Waals surface area contributed by atoms with E-state index in [9.17, 15) is 27.5 Å². The number of aromatic nitrogens is 1. The van der Waals surface area contributed by atoms with Gasteiger partial charge >= 0.3 is 6.18 Å². The van der Waals surface area contributed by atoms with Gasteiger partial charge in [0.25, 0.3) is 0 Å². The molecule has 8 heteroatoms. The molecule has 2 aliphatic rings. The molecular formula is C32H32F4N2O2. The highest BCUT2D eigenvalue weighted by atomic mass is 19.4. The monoisotopic (exact) mass is 552 g/mol. The Bertz CT molecular complexity index is 1450. The van der Waals surface area contributed by atoms with Gasteiger partial charge in [0.1, 0.15) is 5.82 Å². The number of hydrogen-bond acceptors (Lipinski definition) is 3. The van der Waals surface area contributed by atoms with E-state index in [0.29, 0.717) is 40.7 Å². The van der Waals surface area contributed by atoms with E-state index in [1.807, 2.05) is 0 Å². The summed E-state index contributed by atoms with van der Waals surface area (Å²) in [6.45, 7) is 5.44. The van der Waals surface area contributed by atoms with E-state index in [2.05, 4.69) is 18.8 Å². The molecule has 1 heterocycles. The molecule has 2 aromatic carbocycles. The highest BCUT2D eigenvalue weighted by Gasteiger charge is 2.39. The number of aliphatic hydroxyl groups is 1. The van der Waals surface area contributed by atoms with Crippen LogP contribution in [0.25, 0.3) is 11.1 Å². The fraction of sp³-hybridized carbons (Fsp3) is 0.406. The highest BCUT2D eigenvalue weighted by molar-refractivity contribution is 6.20. The van der Waals surface area contributed by atoms with Crippen molar-refractivity contribution in [2.45, 2.75) is 77.5 Å². The zero-order valence-corrected chi connectivity index (χ0v) is 22.8. The smallest absolute Gasteiger partial charge is 0.388 e. The Balaban J connectivity index is 1.87. The molecular weight excluding hydrogens is 520 g/mol. The van der Waals surface area contributed by atoms with Crippen LogP contribution in [0.15, 0.2) is 53.5 Å². The number of carbonyl (C=O) groups is 1. The largest absolute Gasteiger partial charge is 0.416 e. The molecule has 210 valence electrons. The number of benzene rings is 2. The van der Waals surface area contributed by atoms with Gasteiger partial charge in [0.15, 0.2) is 0 Å². The van der Waals surface area contributed by atoms with Gasteiger partial charge < -0.3 is 5.11 Å². The summed E-state index contributed by atoms with van der Waals surface area (Å²) in [5.41, 5.74) is 3.34. The average Bonchev–Trinajstić information content (AvgIpc) is 3.41. The quantitative estimate of drug-likeness (QED) is 0.264. The number of halogens is 4. The molecule has 0 spiro atoms. The van der Waals surface area contributed by atoms with Crippen LogP contribution in [0.5, 0.6) is 0 Å². The fourth-order valence-electron chi connectivity index (χ4n) is 6.20. The molecule has 1 atom stereocenters. The SMILES string of the molecule is CC(=O)N=C(c1ccc(C(F)(F)F)cc1)c1c(C2CCCC2)nc2c(c1-c1ccc(F)cc1)C(O)CC(C)(C)C2. The Morgan fingerprint density at radius 1 is 1.02 bits per heavy atom. The fourth-order valence-corrected chi connectivity index (χ4v) is 6.20. The van der Waals surface area contributed by atoms with Crippen LogP contribution in [0.4, 0.5) is 17.6 Å². The summed E-state index contributed by atoms with van der Waals surface area (Å²) in [4.78, 5) is 22.0. The molecule has 0 bridgehead atoms. The molecule has 40 heavy (non-hydrogen) atoms. The van der Waals surface area contributed by atoms with Crippen molar-refractivity contribution in [1.82, 2.24) is 4.98 Å². The first-order valence-corrected chi connectivity index (χ1v) is 13.6. The van der Waals surface area contributed by atoms with Crippen LogP contribution in [0.2, 0.25) is 0 Å². The average molecular weight is 553 g/mol. The molecule has 1 fully saturated rings. The van der Waals surface area contributed by atoms with Crippen molar-refractivity contribution in [3.63, 3.8) is 0 Å². The number of nitrogens with zero attached hydrogens (tertiary/aromatic N) is 2. The first-order valence-electron chi connectivity index (χ1n) is 13.6. The summed E-state index contributed by atoms with van der Waals surface area (Å²) < 4.78 is 54.2. The molecule has 1 amide bonds. The zero-order chi connectivity index (χ0) is 28.8. The highest BCUT2D eigenvalue weighted by Crippen LogP contribution is 2.48. The summed E-state index contributed by atoms with van der Waals surface area (Å²) in [6, 6.07) is 10.5. The van der Waals surface area contributed by atoms with Gasteiger partial charge in [-0.05, 0) is 60.9 Å². The molecule has 0 aliphatic heterocycles. The Labute approximate surface area is 231 Å². The van der Waals surface area contributed by atoms with E-state index in [4.69, 9.17) is 4.98 Å². The molecule has 1 saturated carbocycles. The second-order valence-corrected chi connectivity index (χ2v) is 11.7. The van der Waals surface area contributed by atoms with Gasteiger partial charge in [0.2, 0.25) is 5.91 Å². The number of alkyl halides is 3. The van der Waals surface area contributed by atoms with E-state index < -0.39 is 29.6 Å². The minimum Gasteiger partial charge on any atom is -0.388 e. The lowest BCUT2D eigenvalue weighted by atomic mass is 9.71. The lowest BCUT2D eigenvalue weighted by Gasteiger charge is -2.37. The summed E-state index contributed by atoms with van der Waals surface area (Å²) in [6.07, 6.45) is -0.569. The molecule has 3 aromatic rings. The third kappa shape index (κ3) is 5.59. The minimum atomic E-state index is -4.52. The van der Waals surface area contributed by atoms with Gasteiger partial charge in [0, 0.05) is 40.8 Å². The van der Waals surface area contributed by atoms with E-state index in [0.717, 1.165) is 49.2 Å². The van der Waals surface area contributed by atoms with Gasteiger partial charge in [-0.25, -0.2) is 9.38 Å². The molecule has 1 aromatic heterocycles. The Morgan fingerprint density at radius 2 is 1.65 bits per heavy atom. The maximum Gasteiger partial charge on any atom is 0.416 e. The topological polar surface area (TPSA) is 62.5 Å². The van der Waals surface area contributed by atoms with Crippen LogP contribution < -0.4 is 0 Å². The molecule has 4 nitrogen and oxygen atoms in total. The van der Waals surface area contributed by atoms with Crippen LogP contribution in [0.3, 0.4) is 0 Å². The van der Waals surface area contributed by atoms with Crippen molar-refractivity contribution in [2.24, 2.45) is 10.4 Å². The molecule has 1 N–H and O–H groups in total. The number of carbonyl (C=O) groups excluding carboxylic acids is 1. The Hall–Kier alpha value is -3.39.